The molecule has 0 heterocycles. The fourth-order valence-electron chi connectivity index (χ4n) is 3.89. The monoisotopic (exact) mass is 330 g/mol. The molecule has 0 atom stereocenters. The smallest absolute Gasteiger partial charge is 0.194 e. The van der Waals surface area contributed by atoms with Crippen LogP contribution in [0, 0.1) is 12.3 Å². The molecular weight excluding hydrogens is 316 g/mol. The topological polar surface area (TPSA) is 17.1 Å². The molecule has 1 heteroatoms. The van der Waals surface area contributed by atoms with Crippen LogP contribution in [-0.2, 0) is 0 Å². The van der Waals surface area contributed by atoms with Gasteiger partial charge in [0.1, 0.15) is 0 Å². The standard InChI is InChI=1S/C25H14O/c1-2-20-21-14-13-17-10-6-9-16-11-12-19(24(21)23(16)17)15-22(20)25(26)18-7-4-3-5-8-18/h1,3-15H. The Kier molecular flexibility index (Phi) is 3.07. The fourth-order valence-corrected chi connectivity index (χ4v) is 3.89. The van der Waals surface area contributed by atoms with Gasteiger partial charge in [0.25, 0.3) is 0 Å². The number of hydrogen-bond acceptors (Lipinski definition) is 1. The van der Waals surface area contributed by atoms with E-state index in [1.54, 1.807) is 0 Å². The van der Waals surface area contributed by atoms with Crippen molar-refractivity contribution in [2.45, 2.75) is 0 Å². The van der Waals surface area contributed by atoms with E-state index in [1.807, 2.05) is 42.5 Å². The number of hydrogen-bond donors (Lipinski definition) is 0. The molecule has 120 valence electrons. The lowest BCUT2D eigenvalue weighted by molar-refractivity contribution is 0.103. The molecular formula is C25H14O. The number of terminal acetylenes is 1. The molecule has 0 saturated heterocycles. The Morgan fingerprint density at radius 1 is 0.731 bits per heavy atom. The number of carbonyl (C=O) groups excluding carboxylic acids is 1. The second-order valence-corrected chi connectivity index (χ2v) is 6.49. The predicted molar refractivity (Wildman–Crippen MR) is 108 cm³/mol. The number of rotatable bonds is 2. The van der Waals surface area contributed by atoms with E-state index < -0.39 is 0 Å². The SMILES string of the molecule is C#Cc1c(C(=O)c2ccccc2)cc2ccc3cccc4ccc1c2c34. The molecule has 1 nitrogen and oxygen atoms in total. The minimum atomic E-state index is -0.0379. The lowest BCUT2D eigenvalue weighted by Gasteiger charge is -2.14. The highest BCUT2D eigenvalue weighted by molar-refractivity contribution is 6.26. The zero-order valence-electron chi connectivity index (χ0n) is 14.0. The second-order valence-electron chi connectivity index (χ2n) is 6.49. The summed E-state index contributed by atoms with van der Waals surface area (Å²) in [6.45, 7) is 0. The Bertz CT molecular complexity index is 1320. The first-order valence-electron chi connectivity index (χ1n) is 8.55. The molecule has 0 spiro atoms. The van der Waals surface area contributed by atoms with Crippen LogP contribution in [0.2, 0.25) is 0 Å². The third-order valence-corrected chi connectivity index (χ3v) is 5.07. The predicted octanol–water partition coefficient (Wildman–Crippen LogP) is 5.80. The van der Waals surface area contributed by atoms with Crippen LogP contribution in [0.3, 0.4) is 0 Å². The molecule has 0 bridgehead atoms. The van der Waals surface area contributed by atoms with Crippen molar-refractivity contribution in [2.75, 3.05) is 0 Å². The van der Waals surface area contributed by atoms with Gasteiger partial charge in [0.15, 0.2) is 5.78 Å². The molecule has 0 aromatic heterocycles. The molecule has 5 rings (SSSR count). The maximum atomic E-state index is 13.1. The largest absolute Gasteiger partial charge is 0.289 e. The van der Waals surface area contributed by atoms with E-state index in [0.29, 0.717) is 16.7 Å². The fraction of sp³-hybridized carbons (Fsp3) is 0. The van der Waals surface area contributed by atoms with Crippen molar-refractivity contribution in [2.24, 2.45) is 0 Å². The molecule has 0 aliphatic heterocycles. The number of ketones is 1. The molecule has 0 radical (unpaired) electrons. The van der Waals surface area contributed by atoms with Gasteiger partial charge < -0.3 is 0 Å². The average Bonchev–Trinajstić information content (AvgIpc) is 2.71. The number of carbonyl (C=O) groups is 1. The quantitative estimate of drug-likeness (QED) is 0.227. The molecule has 0 aliphatic carbocycles. The van der Waals surface area contributed by atoms with Gasteiger partial charge in [-0.1, -0.05) is 78.7 Å². The number of benzene rings is 5. The van der Waals surface area contributed by atoms with Gasteiger partial charge in [-0.05, 0) is 38.4 Å². The van der Waals surface area contributed by atoms with Crippen molar-refractivity contribution >= 4 is 38.1 Å². The van der Waals surface area contributed by atoms with Crippen LogP contribution in [0.25, 0.3) is 32.3 Å². The molecule has 0 amide bonds. The van der Waals surface area contributed by atoms with Gasteiger partial charge in [-0.3, -0.25) is 4.79 Å². The Labute approximate surface area is 151 Å². The third-order valence-electron chi connectivity index (χ3n) is 5.07. The maximum absolute atomic E-state index is 13.1. The van der Waals surface area contributed by atoms with Crippen LogP contribution in [-0.4, -0.2) is 5.78 Å². The van der Waals surface area contributed by atoms with Gasteiger partial charge in [0.05, 0.1) is 0 Å². The molecule has 0 unspecified atom stereocenters. The first-order valence-corrected chi connectivity index (χ1v) is 8.55. The summed E-state index contributed by atoms with van der Waals surface area (Å²) in [5, 5.41) is 6.73. The van der Waals surface area contributed by atoms with E-state index in [1.165, 1.54) is 16.2 Å². The summed E-state index contributed by atoms with van der Waals surface area (Å²) in [6.07, 6.45) is 5.86. The minimum Gasteiger partial charge on any atom is -0.289 e. The molecule has 5 aromatic rings. The van der Waals surface area contributed by atoms with Crippen LogP contribution in [0.5, 0.6) is 0 Å². The van der Waals surface area contributed by atoms with E-state index in [2.05, 4.69) is 42.3 Å². The highest BCUT2D eigenvalue weighted by Crippen LogP contribution is 2.37. The van der Waals surface area contributed by atoms with Crippen LogP contribution in [0.15, 0.2) is 78.9 Å². The zero-order valence-corrected chi connectivity index (χ0v) is 14.0. The Morgan fingerprint density at radius 3 is 2.15 bits per heavy atom. The van der Waals surface area contributed by atoms with E-state index in [0.717, 1.165) is 16.2 Å². The molecule has 0 aliphatic rings. The first-order chi connectivity index (χ1) is 12.8. The summed E-state index contributed by atoms with van der Waals surface area (Å²) in [5.41, 5.74) is 1.91. The third kappa shape index (κ3) is 1.96. The van der Waals surface area contributed by atoms with Gasteiger partial charge in [-0.25, -0.2) is 0 Å². The van der Waals surface area contributed by atoms with Crippen molar-refractivity contribution in [3.8, 4) is 12.3 Å². The van der Waals surface area contributed by atoms with Gasteiger partial charge in [0, 0.05) is 16.7 Å². The molecule has 0 N–H and O–H groups in total. The van der Waals surface area contributed by atoms with Gasteiger partial charge in [0.2, 0.25) is 0 Å². The molecule has 0 fully saturated rings. The average molecular weight is 330 g/mol. The molecule has 5 aromatic carbocycles. The zero-order chi connectivity index (χ0) is 17.7. The Hall–Kier alpha value is -3.63. The Balaban J connectivity index is 1.92. The van der Waals surface area contributed by atoms with E-state index >= 15 is 0 Å². The summed E-state index contributed by atoms with van der Waals surface area (Å²) in [6, 6.07) is 25.8. The van der Waals surface area contributed by atoms with E-state index in [4.69, 9.17) is 6.42 Å². The van der Waals surface area contributed by atoms with Crippen molar-refractivity contribution in [1.82, 2.24) is 0 Å². The first kappa shape index (κ1) is 14.7. The Morgan fingerprint density at radius 2 is 1.42 bits per heavy atom. The van der Waals surface area contributed by atoms with Gasteiger partial charge in [-0.15, -0.1) is 6.42 Å². The second kappa shape index (κ2) is 5.44. The highest BCUT2D eigenvalue weighted by atomic mass is 16.1. The molecule has 26 heavy (non-hydrogen) atoms. The van der Waals surface area contributed by atoms with Gasteiger partial charge >= 0.3 is 0 Å². The molecule has 0 saturated carbocycles. The van der Waals surface area contributed by atoms with Crippen molar-refractivity contribution in [1.29, 1.82) is 0 Å². The van der Waals surface area contributed by atoms with Crippen molar-refractivity contribution in [3.63, 3.8) is 0 Å². The van der Waals surface area contributed by atoms with Crippen molar-refractivity contribution < 1.29 is 4.79 Å². The van der Waals surface area contributed by atoms with E-state index in [9.17, 15) is 4.79 Å². The van der Waals surface area contributed by atoms with Crippen LogP contribution in [0.1, 0.15) is 21.5 Å². The summed E-state index contributed by atoms with van der Waals surface area (Å²) in [7, 11) is 0. The minimum absolute atomic E-state index is 0.0379. The summed E-state index contributed by atoms with van der Waals surface area (Å²) >= 11 is 0. The van der Waals surface area contributed by atoms with E-state index in [-0.39, 0.29) is 5.78 Å². The van der Waals surface area contributed by atoms with Crippen LogP contribution >= 0.6 is 0 Å². The lowest BCUT2D eigenvalue weighted by Crippen LogP contribution is -2.05. The maximum Gasteiger partial charge on any atom is 0.194 e. The summed E-state index contributed by atoms with van der Waals surface area (Å²) in [5.74, 6) is 2.74. The summed E-state index contributed by atoms with van der Waals surface area (Å²) in [4.78, 5) is 13.1. The highest BCUT2D eigenvalue weighted by Gasteiger charge is 2.18. The van der Waals surface area contributed by atoms with Crippen molar-refractivity contribution in [3.05, 3.63) is 95.6 Å². The van der Waals surface area contributed by atoms with Gasteiger partial charge in [-0.2, -0.15) is 0 Å². The van der Waals surface area contributed by atoms with Crippen LogP contribution < -0.4 is 0 Å². The normalized spacial score (nSPS) is 11.2. The van der Waals surface area contributed by atoms with Crippen LogP contribution in [0.4, 0.5) is 0 Å². The summed E-state index contributed by atoms with van der Waals surface area (Å²) < 4.78 is 0. The lowest BCUT2D eigenvalue weighted by atomic mass is 9.87.